The third kappa shape index (κ3) is 6.05. The van der Waals surface area contributed by atoms with Crippen molar-refractivity contribution in [2.75, 3.05) is 11.1 Å². The Morgan fingerprint density at radius 3 is 2.32 bits per heavy atom. The number of hydrogen-bond donors (Lipinski definition) is 2. The highest BCUT2D eigenvalue weighted by molar-refractivity contribution is 5.76. The molecular formula is C27H26N4O3. The van der Waals surface area contributed by atoms with Crippen LogP contribution in [0.5, 0.6) is 11.5 Å². The number of carbonyl (C=O) groups is 1. The maximum atomic E-state index is 11.4. The molecule has 0 aliphatic heterocycles. The summed E-state index contributed by atoms with van der Waals surface area (Å²) >= 11 is 0. The lowest BCUT2D eigenvalue weighted by atomic mass is 10.0. The summed E-state index contributed by atoms with van der Waals surface area (Å²) in [5.74, 6) is 0.792. The van der Waals surface area contributed by atoms with E-state index in [0.717, 1.165) is 22.4 Å². The molecule has 0 saturated heterocycles. The van der Waals surface area contributed by atoms with Crippen LogP contribution in [-0.4, -0.2) is 5.97 Å². The fourth-order valence-electron chi connectivity index (χ4n) is 3.58. The van der Waals surface area contributed by atoms with Crippen LogP contribution < -0.4 is 15.8 Å². The van der Waals surface area contributed by atoms with Crippen LogP contribution in [-0.2, 0) is 22.6 Å². The number of nitrogens with one attached hydrogen (secondary N) is 1. The van der Waals surface area contributed by atoms with Gasteiger partial charge in [-0.15, -0.1) is 0 Å². The van der Waals surface area contributed by atoms with Crippen molar-refractivity contribution in [3.8, 4) is 23.6 Å². The van der Waals surface area contributed by atoms with Gasteiger partial charge in [-0.05, 0) is 67.3 Å². The molecule has 34 heavy (non-hydrogen) atoms. The Balaban J connectivity index is 1.97. The first-order valence-electron chi connectivity index (χ1n) is 10.8. The number of benzene rings is 3. The smallest absolute Gasteiger partial charge is 0.302 e. The van der Waals surface area contributed by atoms with E-state index in [-0.39, 0.29) is 6.61 Å². The Labute approximate surface area is 199 Å². The van der Waals surface area contributed by atoms with E-state index in [9.17, 15) is 4.79 Å². The number of esters is 1. The highest BCUT2D eigenvalue weighted by Gasteiger charge is 2.15. The molecule has 0 atom stereocenters. The maximum Gasteiger partial charge on any atom is 0.302 e. The van der Waals surface area contributed by atoms with Gasteiger partial charge in [0.15, 0.2) is 0 Å². The lowest BCUT2D eigenvalue weighted by Gasteiger charge is -2.19. The lowest BCUT2D eigenvalue weighted by molar-refractivity contribution is -0.142. The maximum absolute atomic E-state index is 11.4. The number of anilines is 3. The molecule has 0 saturated carbocycles. The summed E-state index contributed by atoms with van der Waals surface area (Å²) in [5.41, 5.74) is 12.3. The summed E-state index contributed by atoms with van der Waals surface area (Å²) in [6, 6.07) is 18.8. The van der Waals surface area contributed by atoms with Gasteiger partial charge in [0, 0.05) is 30.7 Å². The van der Waals surface area contributed by atoms with Crippen molar-refractivity contribution in [1.29, 1.82) is 10.5 Å². The number of nitrogens with zero attached hydrogens (tertiary/aromatic N) is 2. The number of nitriles is 2. The fraction of sp³-hybridized carbons (Fsp3) is 0.222. The van der Waals surface area contributed by atoms with Crippen molar-refractivity contribution in [2.45, 2.75) is 40.2 Å². The minimum absolute atomic E-state index is 0.0182. The van der Waals surface area contributed by atoms with Gasteiger partial charge in [-0.1, -0.05) is 12.1 Å². The van der Waals surface area contributed by atoms with Crippen LogP contribution >= 0.6 is 0 Å². The van der Waals surface area contributed by atoms with Gasteiger partial charge < -0.3 is 20.5 Å². The highest BCUT2D eigenvalue weighted by Crippen LogP contribution is 2.37. The number of rotatable bonds is 8. The van der Waals surface area contributed by atoms with Gasteiger partial charge in [0.05, 0.1) is 29.1 Å². The largest absolute Gasteiger partial charge is 0.461 e. The minimum Gasteiger partial charge on any atom is -0.461 e. The summed E-state index contributed by atoms with van der Waals surface area (Å²) in [7, 11) is 0. The van der Waals surface area contributed by atoms with Gasteiger partial charge in [0.1, 0.15) is 18.1 Å². The van der Waals surface area contributed by atoms with E-state index in [4.69, 9.17) is 25.7 Å². The second-order valence-electron chi connectivity index (χ2n) is 7.96. The number of nitrogens with two attached hydrogens (primary N) is 1. The van der Waals surface area contributed by atoms with E-state index in [1.165, 1.54) is 6.92 Å². The molecule has 3 N–H and O–H groups in total. The summed E-state index contributed by atoms with van der Waals surface area (Å²) in [6.45, 7) is 5.28. The number of carbonyl (C=O) groups excluding carboxylic acids is 1. The zero-order chi connectivity index (χ0) is 24.7. The number of aryl methyl sites for hydroxylation is 3. The number of nitrogen functional groups attached to an aromatic ring is 1. The Morgan fingerprint density at radius 1 is 1.06 bits per heavy atom. The molecule has 0 aromatic heterocycles. The molecule has 3 aromatic carbocycles. The minimum atomic E-state index is -0.404. The third-order valence-electron chi connectivity index (χ3n) is 5.21. The van der Waals surface area contributed by atoms with Crippen LogP contribution in [0.4, 0.5) is 17.1 Å². The van der Waals surface area contributed by atoms with Crippen molar-refractivity contribution >= 4 is 23.0 Å². The first kappa shape index (κ1) is 24.2. The topological polar surface area (TPSA) is 121 Å². The highest BCUT2D eigenvalue weighted by atomic mass is 16.5. The van der Waals surface area contributed by atoms with E-state index in [0.29, 0.717) is 46.8 Å². The van der Waals surface area contributed by atoms with E-state index < -0.39 is 5.97 Å². The average Bonchev–Trinajstić information content (AvgIpc) is 2.81. The molecule has 0 radical (unpaired) electrons. The van der Waals surface area contributed by atoms with Crippen LogP contribution in [0.25, 0.3) is 0 Å². The fourth-order valence-corrected chi connectivity index (χ4v) is 3.58. The first-order chi connectivity index (χ1) is 16.3. The summed E-state index contributed by atoms with van der Waals surface area (Å²) in [5, 5.41) is 21.1. The molecule has 0 aliphatic rings. The van der Waals surface area contributed by atoms with E-state index in [1.807, 2.05) is 26.0 Å². The molecule has 0 spiro atoms. The predicted octanol–water partition coefficient (Wildman–Crippen LogP) is 5.81. The Bertz CT molecular complexity index is 1260. The molecule has 0 heterocycles. The van der Waals surface area contributed by atoms with Gasteiger partial charge in [-0.25, -0.2) is 0 Å². The van der Waals surface area contributed by atoms with Crippen molar-refractivity contribution in [3.05, 3.63) is 76.3 Å². The quantitative estimate of drug-likeness (QED) is 0.325. The predicted molar refractivity (Wildman–Crippen MR) is 131 cm³/mol. The molecule has 0 bridgehead atoms. The van der Waals surface area contributed by atoms with E-state index >= 15 is 0 Å². The van der Waals surface area contributed by atoms with Crippen molar-refractivity contribution < 1.29 is 14.3 Å². The zero-order valence-corrected chi connectivity index (χ0v) is 19.4. The molecule has 0 fully saturated rings. The molecule has 7 heteroatoms. The summed E-state index contributed by atoms with van der Waals surface area (Å²) in [4.78, 5) is 11.4. The summed E-state index contributed by atoms with van der Waals surface area (Å²) in [6.07, 6.45) is 1.13. The second kappa shape index (κ2) is 10.9. The van der Waals surface area contributed by atoms with Crippen LogP contribution in [0.3, 0.4) is 0 Å². The van der Waals surface area contributed by atoms with Crippen LogP contribution in [0.1, 0.15) is 41.2 Å². The molecule has 0 amide bonds. The first-order valence-corrected chi connectivity index (χ1v) is 10.8. The SMILES string of the molecule is CC(=O)OCc1cc(N)c(Nc2ccc(C#N)cc2)cc1Oc1c(C)cc(CCC#N)cc1C. The van der Waals surface area contributed by atoms with Gasteiger partial charge in [-0.3, -0.25) is 4.79 Å². The normalized spacial score (nSPS) is 10.1. The molecule has 0 unspecified atom stereocenters. The molecule has 3 rings (SSSR count). The summed E-state index contributed by atoms with van der Waals surface area (Å²) < 4.78 is 11.6. The van der Waals surface area contributed by atoms with Gasteiger partial charge >= 0.3 is 5.97 Å². The third-order valence-corrected chi connectivity index (χ3v) is 5.21. The monoisotopic (exact) mass is 454 g/mol. The molecule has 172 valence electrons. The van der Waals surface area contributed by atoms with Gasteiger partial charge in [-0.2, -0.15) is 10.5 Å². The zero-order valence-electron chi connectivity index (χ0n) is 19.4. The Morgan fingerprint density at radius 2 is 1.74 bits per heavy atom. The van der Waals surface area contributed by atoms with Crippen LogP contribution in [0, 0.1) is 36.5 Å². The number of hydrogen-bond acceptors (Lipinski definition) is 7. The van der Waals surface area contributed by atoms with Gasteiger partial charge in [0.2, 0.25) is 0 Å². The molecular weight excluding hydrogens is 428 g/mol. The Hall–Kier alpha value is -4.49. The average molecular weight is 455 g/mol. The van der Waals surface area contributed by atoms with Crippen LogP contribution in [0.15, 0.2) is 48.5 Å². The van der Waals surface area contributed by atoms with E-state index in [1.54, 1.807) is 36.4 Å². The van der Waals surface area contributed by atoms with Crippen LogP contribution in [0.2, 0.25) is 0 Å². The standard InChI is InChI=1S/C27H26N4O3/c1-17-11-21(5-4-10-28)12-18(2)27(17)34-26-14-25(24(30)13-22(26)16-33-19(3)32)31-23-8-6-20(15-29)7-9-23/h6-9,11-14,31H,4-5,16,30H2,1-3H3. The van der Waals surface area contributed by atoms with Crippen molar-refractivity contribution in [3.63, 3.8) is 0 Å². The van der Waals surface area contributed by atoms with Gasteiger partial charge in [0.25, 0.3) is 0 Å². The molecule has 7 nitrogen and oxygen atoms in total. The molecule has 0 aliphatic carbocycles. The molecule has 3 aromatic rings. The second-order valence-corrected chi connectivity index (χ2v) is 7.96. The van der Waals surface area contributed by atoms with Crippen molar-refractivity contribution in [1.82, 2.24) is 0 Å². The van der Waals surface area contributed by atoms with E-state index in [2.05, 4.69) is 17.5 Å². The lowest BCUT2D eigenvalue weighted by Crippen LogP contribution is -2.05. The van der Waals surface area contributed by atoms with Crippen molar-refractivity contribution in [2.24, 2.45) is 0 Å². The number of ether oxygens (including phenoxy) is 2. The Kier molecular flexibility index (Phi) is 7.74.